The molecule has 0 aliphatic heterocycles. The van der Waals surface area contributed by atoms with Crippen molar-refractivity contribution in [3.05, 3.63) is 0 Å². The van der Waals surface area contributed by atoms with Crippen LogP contribution < -0.4 is 0 Å². The summed E-state index contributed by atoms with van der Waals surface area (Å²) in [5.41, 5.74) is -0.893. The van der Waals surface area contributed by atoms with Gasteiger partial charge in [0.1, 0.15) is 0 Å². The maximum atomic E-state index is 12.9. The molecule has 0 rings (SSSR count). The van der Waals surface area contributed by atoms with E-state index in [4.69, 9.17) is 0 Å². The summed E-state index contributed by atoms with van der Waals surface area (Å²) in [7, 11) is 0. The molecule has 0 aromatic heterocycles. The molecule has 0 fully saturated rings. The number of hydrogen-bond acceptors (Lipinski definition) is 1. The van der Waals surface area contributed by atoms with Crippen LogP contribution in [0.2, 0.25) is 0 Å². The highest BCUT2D eigenvalue weighted by Gasteiger charge is 2.56. The van der Waals surface area contributed by atoms with Crippen LogP contribution in [-0.4, -0.2) is 23.2 Å². The first kappa shape index (κ1) is 26.1. The minimum atomic E-state index is -5.52. The Balaban J connectivity index is 4.28. The van der Waals surface area contributed by atoms with E-state index < -0.39 is 29.9 Å². The number of hydrogen-bond donors (Lipinski definition) is 1. The standard InChI is InChI=1S/C20H35F5O2/c1-3-5-6-7-8-9-11-14-18(4-2,17(26)27)15-12-10-13-16-19(21,22)20(23,24)25/h3-16H2,1-2H3,(H,26,27). The third kappa shape index (κ3) is 9.74. The fourth-order valence-electron chi connectivity index (χ4n) is 3.39. The number of unbranched alkanes of at least 4 members (excludes halogenated alkanes) is 8. The van der Waals surface area contributed by atoms with Crippen LogP contribution in [0.5, 0.6) is 0 Å². The number of carboxylic acids is 1. The quantitative estimate of drug-likeness (QED) is 0.212. The Morgan fingerprint density at radius 1 is 0.704 bits per heavy atom. The molecule has 0 spiro atoms. The van der Waals surface area contributed by atoms with Crippen LogP contribution in [0.25, 0.3) is 0 Å². The first-order chi connectivity index (χ1) is 12.5. The summed E-state index contributed by atoms with van der Waals surface area (Å²) in [5, 5.41) is 9.62. The summed E-state index contributed by atoms with van der Waals surface area (Å²) in [5.74, 6) is -5.56. The van der Waals surface area contributed by atoms with E-state index in [2.05, 4.69) is 6.92 Å². The number of carbonyl (C=O) groups is 1. The van der Waals surface area contributed by atoms with E-state index in [1.165, 1.54) is 19.3 Å². The molecule has 162 valence electrons. The lowest BCUT2D eigenvalue weighted by molar-refractivity contribution is -0.284. The molecule has 0 aliphatic carbocycles. The van der Waals surface area contributed by atoms with Crippen molar-refractivity contribution in [2.45, 2.75) is 116 Å². The van der Waals surface area contributed by atoms with Crippen molar-refractivity contribution in [3.63, 3.8) is 0 Å². The highest BCUT2D eigenvalue weighted by Crippen LogP contribution is 2.40. The zero-order chi connectivity index (χ0) is 21.0. The van der Waals surface area contributed by atoms with Gasteiger partial charge in [-0.25, -0.2) is 0 Å². The average molecular weight is 402 g/mol. The summed E-state index contributed by atoms with van der Waals surface area (Å²) >= 11 is 0. The van der Waals surface area contributed by atoms with Gasteiger partial charge in [0.05, 0.1) is 5.41 Å². The monoisotopic (exact) mass is 402 g/mol. The fourth-order valence-corrected chi connectivity index (χ4v) is 3.39. The maximum absolute atomic E-state index is 12.9. The van der Waals surface area contributed by atoms with Crippen molar-refractivity contribution in [1.29, 1.82) is 0 Å². The van der Waals surface area contributed by atoms with E-state index in [1.807, 2.05) is 0 Å². The normalized spacial score (nSPS) is 14.9. The second kappa shape index (κ2) is 12.6. The van der Waals surface area contributed by atoms with Crippen molar-refractivity contribution in [1.82, 2.24) is 0 Å². The summed E-state index contributed by atoms with van der Waals surface area (Å²) in [6, 6.07) is 0. The molecule has 27 heavy (non-hydrogen) atoms. The second-order valence-corrected chi connectivity index (χ2v) is 7.57. The molecule has 0 saturated heterocycles. The summed E-state index contributed by atoms with van der Waals surface area (Å²) < 4.78 is 62.2. The highest BCUT2D eigenvalue weighted by molar-refractivity contribution is 5.74. The largest absolute Gasteiger partial charge is 0.481 e. The van der Waals surface area contributed by atoms with E-state index >= 15 is 0 Å². The molecule has 1 N–H and O–H groups in total. The molecule has 2 nitrogen and oxygen atoms in total. The Morgan fingerprint density at radius 2 is 1.11 bits per heavy atom. The van der Waals surface area contributed by atoms with Gasteiger partial charge < -0.3 is 5.11 Å². The number of alkyl halides is 5. The molecule has 1 atom stereocenters. The average Bonchev–Trinajstić information content (AvgIpc) is 2.57. The molecule has 7 heteroatoms. The molecule has 0 bridgehead atoms. The van der Waals surface area contributed by atoms with Gasteiger partial charge in [-0.05, 0) is 25.7 Å². The van der Waals surface area contributed by atoms with Gasteiger partial charge in [-0.15, -0.1) is 0 Å². The molecule has 0 saturated carbocycles. The number of halogens is 5. The number of rotatable bonds is 16. The lowest BCUT2D eigenvalue weighted by atomic mass is 9.75. The first-order valence-electron chi connectivity index (χ1n) is 10.2. The van der Waals surface area contributed by atoms with Crippen molar-refractivity contribution in [3.8, 4) is 0 Å². The minimum absolute atomic E-state index is 0.178. The van der Waals surface area contributed by atoms with Crippen LogP contribution in [-0.2, 0) is 4.79 Å². The highest BCUT2D eigenvalue weighted by atomic mass is 19.4. The minimum Gasteiger partial charge on any atom is -0.481 e. The molecule has 0 heterocycles. The third-order valence-corrected chi connectivity index (χ3v) is 5.45. The summed E-state index contributed by atoms with van der Waals surface area (Å²) in [4.78, 5) is 11.7. The number of aliphatic carboxylic acids is 1. The van der Waals surface area contributed by atoms with Crippen LogP contribution in [0, 0.1) is 5.41 Å². The van der Waals surface area contributed by atoms with Gasteiger partial charge in [0.25, 0.3) is 0 Å². The van der Waals surface area contributed by atoms with Gasteiger partial charge in [-0.3, -0.25) is 4.79 Å². The predicted octanol–water partition coefficient (Wildman–Crippen LogP) is 7.76. The van der Waals surface area contributed by atoms with Gasteiger partial charge in [0.2, 0.25) is 0 Å². The Hall–Kier alpha value is -0.880. The van der Waals surface area contributed by atoms with Crippen molar-refractivity contribution < 1.29 is 31.9 Å². The van der Waals surface area contributed by atoms with E-state index in [9.17, 15) is 31.9 Å². The predicted molar refractivity (Wildman–Crippen MR) is 97.1 cm³/mol. The zero-order valence-corrected chi connectivity index (χ0v) is 16.6. The van der Waals surface area contributed by atoms with Crippen molar-refractivity contribution in [2.75, 3.05) is 0 Å². The van der Waals surface area contributed by atoms with Crippen molar-refractivity contribution >= 4 is 5.97 Å². The lowest BCUT2D eigenvalue weighted by Crippen LogP contribution is -2.36. The van der Waals surface area contributed by atoms with Crippen molar-refractivity contribution in [2.24, 2.45) is 5.41 Å². The van der Waals surface area contributed by atoms with E-state index in [0.29, 0.717) is 25.7 Å². The Labute approximate surface area is 159 Å². The van der Waals surface area contributed by atoms with Crippen LogP contribution in [0.15, 0.2) is 0 Å². The van der Waals surface area contributed by atoms with Crippen LogP contribution in [0.4, 0.5) is 22.0 Å². The SMILES string of the molecule is CCCCCCCCCC(CC)(CCCCCC(F)(F)C(F)(F)F)C(=O)O. The third-order valence-electron chi connectivity index (χ3n) is 5.45. The van der Waals surface area contributed by atoms with Crippen LogP contribution >= 0.6 is 0 Å². The molecule has 0 aliphatic rings. The van der Waals surface area contributed by atoms with Crippen LogP contribution in [0.3, 0.4) is 0 Å². The van der Waals surface area contributed by atoms with Gasteiger partial charge in [0, 0.05) is 6.42 Å². The maximum Gasteiger partial charge on any atom is 0.453 e. The van der Waals surface area contributed by atoms with Gasteiger partial charge in [-0.1, -0.05) is 71.6 Å². The Morgan fingerprint density at radius 3 is 1.52 bits per heavy atom. The topological polar surface area (TPSA) is 37.3 Å². The molecule has 1 unspecified atom stereocenters. The molecule has 0 aromatic rings. The molecular formula is C20H35F5O2. The fraction of sp³-hybridized carbons (Fsp3) is 0.950. The molecular weight excluding hydrogens is 367 g/mol. The molecule has 0 amide bonds. The lowest BCUT2D eigenvalue weighted by Gasteiger charge is -2.28. The van der Waals surface area contributed by atoms with Gasteiger partial charge >= 0.3 is 18.1 Å². The van der Waals surface area contributed by atoms with E-state index in [0.717, 1.165) is 25.7 Å². The van der Waals surface area contributed by atoms with E-state index in [-0.39, 0.29) is 12.8 Å². The smallest absolute Gasteiger partial charge is 0.453 e. The molecule has 0 aromatic carbocycles. The van der Waals surface area contributed by atoms with E-state index in [1.54, 1.807) is 6.92 Å². The van der Waals surface area contributed by atoms with Gasteiger partial charge in [-0.2, -0.15) is 22.0 Å². The number of carboxylic acid groups (broad SMARTS) is 1. The Bertz CT molecular complexity index is 410. The van der Waals surface area contributed by atoms with Gasteiger partial charge in [0.15, 0.2) is 0 Å². The first-order valence-corrected chi connectivity index (χ1v) is 10.2. The molecule has 0 radical (unpaired) electrons. The second-order valence-electron chi connectivity index (χ2n) is 7.57. The summed E-state index contributed by atoms with van der Waals surface area (Å²) in [6.07, 6.45) is 2.39. The summed E-state index contributed by atoms with van der Waals surface area (Å²) in [6.45, 7) is 3.94. The van der Waals surface area contributed by atoms with Crippen LogP contribution in [0.1, 0.15) is 104 Å². The Kier molecular flexibility index (Phi) is 12.1. The zero-order valence-electron chi connectivity index (χ0n) is 16.6.